The number of ether oxygens (including phenoxy) is 1. The van der Waals surface area contributed by atoms with Crippen molar-refractivity contribution in [2.45, 2.75) is 58.5 Å². The number of hydrogen-bond donors (Lipinski definition) is 2. The Hall–Kier alpha value is -1.30. The highest BCUT2D eigenvalue weighted by Crippen LogP contribution is 2.36. The summed E-state index contributed by atoms with van der Waals surface area (Å²) in [5.74, 6) is -0.849. The molecule has 1 heterocycles. The van der Waals surface area contributed by atoms with Gasteiger partial charge in [0.05, 0.1) is 5.41 Å². The Morgan fingerprint density at radius 3 is 2.43 bits per heavy atom. The van der Waals surface area contributed by atoms with Crippen LogP contribution in [0.1, 0.15) is 52.9 Å². The molecule has 21 heavy (non-hydrogen) atoms. The maximum Gasteiger partial charge on any atom is 0.410 e. The van der Waals surface area contributed by atoms with E-state index in [9.17, 15) is 14.7 Å². The third-order valence-corrected chi connectivity index (χ3v) is 3.77. The summed E-state index contributed by atoms with van der Waals surface area (Å²) in [7, 11) is 0. The van der Waals surface area contributed by atoms with Crippen LogP contribution in [0.15, 0.2) is 0 Å². The molecular formula is C15H27NO5. The number of carboxylic acid groups (broad SMARTS) is 1. The molecule has 1 aliphatic rings. The molecule has 1 fully saturated rings. The molecule has 0 aromatic heterocycles. The highest BCUT2D eigenvalue weighted by molar-refractivity contribution is 5.78. The van der Waals surface area contributed by atoms with Crippen molar-refractivity contribution in [3.8, 4) is 0 Å². The number of amides is 1. The van der Waals surface area contributed by atoms with Crippen molar-refractivity contribution >= 4 is 12.1 Å². The first-order valence-electron chi connectivity index (χ1n) is 7.52. The van der Waals surface area contributed by atoms with Gasteiger partial charge in [-0.1, -0.05) is 12.8 Å². The molecule has 0 saturated carbocycles. The topological polar surface area (TPSA) is 87.1 Å². The van der Waals surface area contributed by atoms with E-state index in [0.717, 1.165) is 12.8 Å². The van der Waals surface area contributed by atoms with E-state index in [-0.39, 0.29) is 13.2 Å². The summed E-state index contributed by atoms with van der Waals surface area (Å²) in [6.07, 6.45) is 2.78. The van der Waals surface area contributed by atoms with Gasteiger partial charge in [-0.05, 0) is 40.0 Å². The number of rotatable bonds is 6. The van der Waals surface area contributed by atoms with Crippen molar-refractivity contribution < 1.29 is 24.5 Å². The molecule has 2 N–H and O–H groups in total. The third-order valence-electron chi connectivity index (χ3n) is 3.77. The summed E-state index contributed by atoms with van der Waals surface area (Å²) >= 11 is 0. The fourth-order valence-corrected chi connectivity index (χ4v) is 2.59. The van der Waals surface area contributed by atoms with Crippen molar-refractivity contribution in [1.29, 1.82) is 0 Å². The molecule has 1 aliphatic heterocycles. The van der Waals surface area contributed by atoms with Crippen molar-refractivity contribution in [1.82, 2.24) is 4.90 Å². The molecule has 1 atom stereocenters. The minimum absolute atomic E-state index is 0.129. The van der Waals surface area contributed by atoms with Crippen molar-refractivity contribution in [3.63, 3.8) is 0 Å². The fraction of sp³-hybridized carbons (Fsp3) is 0.867. The van der Waals surface area contributed by atoms with Gasteiger partial charge in [0, 0.05) is 19.7 Å². The van der Waals surface area contributed by atoms with Crippen LogP contribution >= 0.6 is 0 Å². The van der Waals surface area contributed by atoms with Crippen LogP contribution < -0.4 is 0 Å². The molecule has 6 nitrogen and oxygen atoms in total. The van der Waals surface area contributed by atoms with E-state index in [1.807, 2.05) is 0 Å². The van der Waals surface area contributed by atoms with Gasteiger partial charge in [-0.25, -0.2) is 4.79 Å². The zero-order valence-electron chi connectivity index (χ0n) is 13.2. The lowest BCUT2D eigenvalue weighted by atomic mass is 9.82. The Morgan fingerprint density at radius 2 is 1.90 bits per heavy atom. The largest absolute Gasteiger partial charge is 0.481 e. The summed E-state index contributed by atoms with van der Waals surface area (Å²) < 4.78 is 5.30. The van der Waals surface area contributed by atoms with Crippen LogP contribution in [-0.2, 0) is 9.53 Å². The Balaban J connectivity index is 2.60. The molecular weight excluding hydrogens is 274 g/mol. The minimum Gasteiger partial charge on any atom is -0.481 e. The average molecular weight is 301 g/mol. The average Bonchev–Trinajstić information content (AvgIpc) is 2.78. The minimum atomic E-state index is -0.869. The molecule has 0 aromatic rings. The third kappa shape index (κ3) is 5.19. The SMILES string of the molecule is CC(C)(C)OC(=O)N1CCC(CCCCCO)(C(=O)O)C1. The van der Waals surface area contributed by atoms with Gasteiger partial charge in [-0.3, -0.25) is 4.79 Å². The molecule has 6 heteroatoms. The van der Waals surface area contributed by atoms with Crippen LogP contribution in [0.4, 0.5) is 4.79 Å². The molecule has 0 spiro atoms. The molecule has 1 saturated heterocycles. The summed E-state index contributed by atoms with van der Waals surface area (Å²) in [6, 6.07) is 0. The van der Waals surface area contributed by atoms with Crippen molar-refractivity contribution in [3.05, 3.63) is 0 Å². The van der Waals surface area contributed by atoms with E-state index >= 15 is 0 Å². The Labute approximate surface area is 126 Å². The van der Waals surface area contributed by atoms with Gasteiger partial charge >= 0.3 is 12.1 Å². The normalized spacial score (nSPS) is 22.4. The number of carboxylic acids is 1. The maximum absolute atomic E-state index is 12.0. The van der Waals surface area contributed by atoms with E-state index in [2.05, 4.69) is 0 Å². The fourth-order valence-electron chi connectivity index (χ4n) is 2.59. The monoisotopic (exact) mass is 301 g/mol. The number of unbranched alkanes of at least 4 members (excludes halogenated alkanes) is 2. The van der Waals surface area contributed by atoms with Gasteiger partial charge in [0.15, 0.2) is 0 Å². The second kappa shape index (κ2) is 7.11. The first-order chi connectivity index (χ1) is 9.70. The van der Waals surface area contributed by atoms with Crippen molar-refractivity contribution in [2.75, 3.05) is 19.7 Å². The van der Waals surface area contributed by atoms with Crippen LogP contribution in [0.3, 0.4) is 0 Å². The van der Waals surface area contributed by atoms with Crippen LogP contribution in [-0.4, -0.2) is 52.5 Å². The highest BCUT2D eigenvalue weighted by Gasteiger charge is 2.46. The van der Waals surface area contributed by atoms with Crippen LogP contribution in [0.5, 0.6) is 0 Å². The van der Waals surface area contributed by atoms with Gasteiger partial charge < -0.3 is 19.8 Å². The molecule has 0 bridgehead atoms. The van der Waals surface area contributed by atoms with E-state index in [4.69, 9.17) is 9.84 Å². The predicted octanol–water partition coefficient (Wildman–Crippen LogP) is 2.25. The van der Waals surface area contributed by atoms with E-state index in [1.54, 1.807) is 20.8 Å². The van der Waals surface area contributed by atoms with E-state index in [1.165, 1.54) is 4.90 Å². The first kappa shape index (κ1) is 17.8. The Kier molecular flexibility index (Phi) is 6.01. The first-order valence-corrected chi connectivity index (χ1v) is 7.52. The number of hydrogen-bond acceptors (Lipinski definition) is 4. The van der Waals surface area contributed by atoms with Gasteiger partial charge in [-0.2, -0.15) is 0 Å². The summed E-state index contributed by atoms with van der Waals surface area (Å²) in [6.45, 7) is 6.13. The Morgan fingerprint density at radius 1 is 1.24 bits per heavy atom. The summed E-state index contributed by atoms with van der Waals surface area (Å²) in [4.78, 5) is 25.1. The smallest absolute Gasteiger partial charge is 0.410 e. The highest BCUT2D eigenvalue weighted by atomic mass is 16.6. The molecule has 1 rings (SSSR count). The molecule has 122 valence electrons. The standard InChI is InChI=1S/C15H27NO5/c1-14(2,3)21-13(20)16-9-8-15(11-16,12(18)19)7-5-4-6-10-17/h17H,4-11H2,1-3H3,(H,18,19). The lowest BCUT2D eigenvalue weighted by Gasteiger charge is -2.27. The lowest BCUT2D eigenvalue weighted by Crippen LogP contribution is -2.39. The molecule has 1 unspecified atom stereocenters. The number of aliphatic hydroxyl groups is 1. The molecule has 0 aliphatic carbocycles. The van der Waals surface area contributed by atoms with Crippen LogP contribution in [0.2, 0.25) is 0 Å². The van der Waals surface area contributed by atoms with Gasteiger partial charge in [0.1, 0.15) is 5.60 Å². The number of aliphatic carboxylic acids is 1. The quantitative estimate of drug-likeness (QED) is 0.735. The number of likely N-dealkylation sites (tertiary alicyclic amines) is 1. The number of carbonyl (C=O) groups is 2. The van der Waals surface area contributed by atoms with Gasteiger partial charge in [-0.15, -0.1) is 0 Å². The second-order valence-electron chi connectivity index (χ2n) is 6.77. The van der Waals surface area contributed by atoms with E-state index in [0.29, 0.717) is 25.8 Å². The van der Waals surface area contributed by atoms with E-state index < -0.39 is 23.1 Å². The Bertz CT molecular complexity index is 377. The van der Waals surface area contributed by atoms with Crippen LogP contribution in [0.25, 0.3) is 0 Å². The number of nitrogens with zero attached hydrogens (tertiary/aromatic N) is 1. The lowest BCUT2D eigenvalue weighted by molar-refractivity contribution is -0.148. The van der Waals surface area contributed by atoms with Crippen molar-refractivity contribution in [2.24, 2.45) is 5.41 Å². The molecule has 1 amide bonds. The number of aliphatic hydroxyl groups excluding tert-OH is 1. The van der Waals surface area contributed by atoms with Gasteiger partial charge in [0.2, 0.25) is 0 Å². The zero-order chi connectivity index (χ0) is 16.1. The zero-order valence-corrected chi connectivity index (χ0v) is 13.2. The summed E-state index contributed by atoms with van der Waals surface area (Å²) in [5, 5.41) is 18.3. The summed E-state index contributed by atoms with van der Waals surface area (Å²) in [5.41, 5.74) is -1.45. The predicted molar refractivity (Wildman–Crippen MR) is 78.0 cm³/mol. The second-order valence-corrected chi connectivity index (χ2v) is 6.77. The van der Waals surface area contributed by atoms with Crippen LogP contribution in [0, 0.1) is 5.41 Å². The molecule has 0 aromatic carbocycles. The maximum atomic E-state index is 12.0. The number of carbonyl (C=O) groups excluding carboxylic acids is 1. The van der Waals surface area contributed by atoms with Gasteiger partial charge in [0.25, 0.3) is 0 Å². The molecule has 0 radical (unpaired) electrons.